The largest absolute Gasteiger partial charge is 0.481 e. The summed E-state index contributed by atoms with van der Waals surface area (Å²) in [6.07, 6.45) is 2.50. The van der Waals surface area contributed by atoms with E-state index >= 15 is 0 Å². The van der Waals surface area contributed by atoms with Gasteiger partial charge in [0.1, 0.15) is 18.0 Å². The Balaban J connectivity index is 1.70. The molecule has 5 rings (SSSR count). The van der Waals surface area contributed by atoms with E-state index in [4.69, 9.17) is 9.47 Å². The van der Waals surface area contributed by atoms with E-state index in [1.807, 2.05) is 4.90 Å². The van der Waals surface area contributed by atoms with E-state index in [1.165, 1.54) is 30.5 Å². The molecule has 1 atom stereocenters. The molecule has 156 valence electrons. The van der Waals surface area contributed by atoms with E-state index in [1.54, 1.807) is 6.07 Å². The van der Waals surface area contributed by atoms with E-state index in [0.717, 1.165) is 5.56 Å². The number of nitro groups is 1. The molecule has 1 fully saturated rings. The summed E-state index contributed by atoms with van der Waals surface area (Å²) in [5, 5.41) is 22.0. The number of nitro benzene ring substituents is 1. The lowest BCUT2D eigenvalue weighted by atomic mass is 10.1. The van der Waals surface area contributed by atoms with Gasteiger partial charge in [-0.25, -0.2) is 4.39 Å². The zero-order valence-corrected chi connectivity index (χ0v) is 16.4. The van der Waals surface area contributed by atoms with Gasteiger partial charge in [-0.2, -0.15) is 5.26 Å². The first kappa shape index (κ1) is 19.2. The molecule has 0 saturated carbocycles. The molecule has 0 bridgehead atoms. The minimum absolute atomic E-state index is 0.115. The molecule has 0 N–H and O–H groups in total. The second-order valence-electron chi connectivity index (χ2n) is 7.50. The number of benzene rings is 2. The zero-order chi connectivity index (χ0) is 21.5. The molecular weight excluding hydrogens is 403 g/mol. The molecule has 0 aliphatic carbocycles. The second-order valence-corrected chi connectivity index (χ2v) is 7.50. The molecule has 9 heteroatoms. The van der Waals surface area contributed by atoms with Crippen LogP contribution < -0.4 is 9.64 Å². The Morgan fingerprint density at radius 2 is 2.23 bits per heavy atom. The Morgan fingerprint density at radius 3 is 2.97 bits per heavy atom. The van der Waals surface area contributed by atoms with Crippen LogP contribution in [0.3, 0.4) is 0 Å². The van der Waals surface area contributed by atoms with Crippen molar-refractivity contribution in [3.05, 3.63) is 63.6 Å². The SMILES string of the molecule is N#Cc1cnc2cc(OC3CCOC3)c([N+](=O)[O-])cc2c1N1CCc2ccc(F)cc21. The number of pyridine rings is 1. The third-order valence-corrected chi connectivity index (χ3v) is 5.63. The highest BCUT2D eigenvalue weighted by Crippen LogP contribution is 2.43. The number of fused-ring (bicyclic) bond motifs is 2. The van der Waals surface area contributed by atoms with Crippen LogP contribution in [0.15, 0.2) is 36.5 Å². The number of nitrogens with zero attached hydrogens (tertiary/aromatic N) is 4. The van der Waals surface area contributed by atoms with Gasteiger partial charge in [0.2, 0.25) is 0 Å². The van der Waals surface area contributed by atoms with Gasteiger partial charge in [0, 0.05) is 42.4 Å². The van der Waals surface area contributed by atoms with Gasteiger partial charge in [0.25, 0.3) is 0 Å². The van der Waals surface area contributed by atoms with Crippen molar-refractivity contribution in [2.45, 2.75) is 18.9 Å². The van der Waals surface area contributed by atoms with E-state index in [2.05, 4.69) is 11.1 Å². The fourth-order valence-corrected chi connectivity index (χ4v) is 4.17. The number of ether oxygens (including phenoxy) is 2. The molecule has 1 saturated heterocycles. The predicted octanol–water partition coefficient (Wildman–Crippen LogP) is 4.02. The molecule has 31 heavy (non-hydrogen) atoms. The van der Waals surface area contributed by atoms with E-state index in [0.29, 0.717) is 54.9 Å². The minimum atomic E-state index is -0.509. The fraction of sp³-hybridized carbons (Fsp3) is 0.273. The number of aromatic nitrogens is 1. The molecule has 0 spiro atoms. The maximum Gasteiger partial charge on any atom is 0.311 e. The number of nitriles is 1. The van der Waals surface area contributed by atoms with Crippen molar-refractivity contribution < 1.29 is 18.8 Å². The lowest BCUT2D eigenvalue weighted by molar-refractivity contribution is -0.385. The standard InChI is InChI=1S/C22H17FN4O4/c23-15-2-1-13-3-5-26(19(13)7-15)22-14(10-24)11-25-18-9-21(31-16-4-6-30-12-16)20(27(28)29)8-17(18)22/h1-2,7-9,11,16H,3-6,12H2. The topological polar surface area (TPSA) is 102 Å². The van der Waals surface area contributed by atoms with Crippen LogP contribution in [0.25, 0.3) is 10.9 Å². The number of anilines is 2. The summed E-state index contributed by atoms with van der Waals surface area (Å²) in [6, 6.07) is 9.57. The maximum absolute atomic E-state index is 13.9. The monoisotopic (exact) mass is 420 g/mol. The summed E-state index contributed by atoms with van der Waals surface area (Å²) in [5.74, 6) is -0.271. The highest BCUT2D eigenvalue weighted by molar-refractivity contribution is 5.99. The number of hydrogen-bond acceptors (Lipinski definition) is 7. The summed E-state index contributed by atoms with van der Waals surface area (Å²) < 4.78 is 25.1. The van der Waals surface area contributed by atoms with Crippen LogP contribution in [-0.2, 0) is 11.2 Å². The summed E-state index contributed by atoms with van der Waals surface area (Å²) in [4.78, 5) is 17.5. The van der Waals surface area contributed by atoms with Gasteiger partial charge in [-0.15, -0.1) is 0 Å². The Morgan fingerprint density at radius 1 is 1.35 bits per heavy atom. The van der Waals surface area contributed by atoms with Crippen molar-refractivity contribution >= 4 is 28.0 Å². The Kier molecular flexibility index (Phi) is 4.64. The molecule has 3 heterocycles. The van der Waals surface area contributed by atoms with Crippen LogP contribution in [0.2, 0.25) is 0 Å². The normalized spacial score (nSPS) is 17.5. The second kappa shape index (κ2) is 7.49. The molecule has 3 aromatic rings. The highest BCUT2D eigenvalue weighted by atomic mass is 19.1. The van der Waals surface area contributed by atoms with Crippen molar-refractivity contribution in [3.8, 4) is 11.8 Å². The summed E-state index contributed by atoms with van der Waals surface area (Å²) in [7, 11) is 0. The molecule has 8 nitrogen and oxygen atoms in total. The summed E-state index contributed by atoms with van der Waals surface area (Å²) >= 11 is 0. The van der Waals surface area contributed by atoms with Gasteiger partial charge in [-0.1, -0.05) is 6.07 Å². The molecule has 2 aliphatic heterocycles. The molecule has 0 radical (unpaired) electrons. The van der Waals surface area contributed by atoms with Gasteiger partial charge >= 0.3 is 5.69 Å². The lowest BCUT2D eigenvalue weighted by Gasteiger charge is -2.23. The Labute approximate surface area is 176 Å². The van der Waals surface area contributed by atoms with E-state index in [9.17, 15) is 19.8 Å². The molecule has 1 unspecified atom stereocenters. The van der Waals surface area contributed by atoms with E-state index in [-0.39, 0.29) is 28.9 Å². The molecule has 2 aliphatic rings. The van der Waals surface area contributed by atoms with Crippen molar-refractivity contribution in [1.29, 1.82) is 5.26 Å². The first-order valence-corrected chi connectivity index (χ1v) is 9.87. The first-order valence-electron chi connectivity index (χ1n) is 9.87. The van der Waals surface area contributed by atoms with Gasteiger partial charge in [0.05, 0.1) is 34.9 Å². The number of rotatable bonds is 4. The average molecular weight is 420 g/mol. The van der Waals surface area contributed by atoms with Gasteiger partial charge in [-0.05, 0) is 24.1 Å². The van der Waals surface area contributed by atoms with Gasteiger partial charge in [-0.3, -0.25) is 15.1 Å². The predicted molar refractivity (Wildman–Crippen MR) is 110 cm³/mol. The third kappa shape index (κ3) is 3.31. The number of hydrogen-bond donors (Lipinski definition) is 0. The van der Waals surface area contributed by atoms with Crippen LogP contribution in [-0.4, -0.2) is 35.8 Å². The van der Waals surface area contributed by atoms with Crippen LogP contribution in [0.4, 0.5) is 21.5 Å². The smallest absolute Gasteiger partial charge is 0.311 e. The van der Waals surface area contributed by atoms with Crippen LogP contribution in [0.5, 0.6) is 5.75 Å². The molecular formula is C22H17FN4O4. The molecule has 2 aromatic carbocycles. The summed E-state index contributed by atoms with van der Waals surface area (Å²) in [6.45, 7) is 1.44. The van der Waals surface area contributed by atoms with Crippen molar-refractivity contribution in [2.24, 2.45) is 0 Å². The first-order chi connectivity index (χ1) is 15.0. The van der Waals surface area contributed by atoms with E-state index < -0.39 is 4.92 Å². The zero-order valence-electron chi connectivity index (χ0n) is 16.4. The quantitative estimate of drug-likeness (QED) is 0.464. The minimum Gasteiger partial charge on any atom is -0.481 e. The van der Waals surface area contributed by atoms with Crippen LogP contribution in [0.1, 0.15) is 17.5 Å². The number of halogens is 1. The Bertz CT molecular complexity index is 1250. The van der Waals surface area contributed by atoms with Gasteiger partial charge < -0.3 is 14.4 Å². The van der Waals surface area contributed by atoms with Gasteiger partial charge in [0.15, 0.2) is 5.75 Å². The third-order valence-electron chi connectivity index (χ3n) is 5.63. The maximum atomic E-state index is 13.9. The highest BCUT2D eigenvalue weighted by Gasteiger charge is 2.29. The van der Waals surface area contributed by atoms with Crippen molar-refractivity contribution in [1.82, 2.24) is 4.98 Å². The lowest BCUT2D eigenvalue weighted by Crippen LogP contribution is -2.17. The molecule has 0 amide bonds. The van der Waals surface area contributed by atoms with Crippen LogP contribution >= 0.6 is 0 Å². The van der Waals surface area contributed by atoms with Crippen LogP contribution in [0, 0.1) is 27.3 Å². The molecule has 1 aromatic heterocycles. The average Bonchev–Trinajstić information content (AvgIpc) is 3.41. The fourth-order valence-electron chi connectivity index (χ4n) is 4.17. The Hall–Kier alpha value is -3.77. The summed E-state index contributed by atoms with van der Waals surface area (Å²) in [5.41, 5.74) is 2.59. The van der Waals surface area contributed by atoms with Crippen molar-refractivity contribution in [2.75, 3.05) is 24.7 Å². The van der Waals surface area contributed by atoms with Crippen molar-refractivity contribution in [3.63, 3.8) is 0 Å².